The first-order valence-corrected chi connectivity index (χ1v) is 8.76. The summed E-state index contributed by atoms with van der Waals surface area (Å²) in [6.45, 7) is 2.22. The predicted molar refractivity (Wildman–Crippen MR) is 88.2 cm³/mol. The van der Waals surface area contributed by atoms with E-state index in [4.69, 9.17) is 0 Å². The highest BCUT2D eigenvalue weighted by atomic mass is 31.1. The van der Waals surface area contributed by atoms with Crippen LogP contribution in [0.1, 0.15) is 12.8 Å². The van der Waals surface area contributed by atoms with Gasteiger partial charge in [0.1, 0.15) is 14.0 Å². The molecule has 1 N–H and O–H groups in total. The van der Waals surface area contributed by atoms with Crippen LogP contribution in [-0.4, -0.2) is 28.9 Å². The molecule has 0 saturated carbocycles. The highest BCUT2D eigenvalue weighted by Crippen LogP contribution is 2.56. The smallest absolute Gasteiger partial charge is 0.126 e. The topological polar surface area (TPSA) is 26.7 Å². The van der Waals surface area contributed by atoms with E-state index in [1.165, 1.54) is 18.5 Å². The van der Waals surface area contributed by atoms with E-state index >= 15 is 0 Å². The minimum absolute atomic E-state index is 0.428. The van der Waals surface area contributed by atoms with Crippen LogP contribution in [0.5, 0.6) is 5.75 Å². The van der Waals surface area contributed by atoms with Gasteiger partial charge < -0.3 is 9.78 Å². The van der Waals surface area contributed by atoms with Gasteiger partial charge in [0, 0.05) is 24.8 Å². The lowest BCUT2D eigenvalue weighted by molar-refractivity contribution is 0.464. The van der Waals surface area contributed by atoms with Crippen LogP contribution in [0, 0.1) is 0 Å². The molecule has 4 heteroatoms. The molecule has 0 aliphatic carbocycles. The second-order valence-corrected chi connectivity index (χ2v) is 7.71. The third kappa shape index (κ3) is 2.21. The molecule has 2 aliphatic rings. The van der Waals surface area contributed by atoms with E-state index in [1.54, 1.807) is 0 Å². The lowest BCUT2D eigenvalue weighted by atomic mass is 10.2. The van der Waals surface area contributed by atoms with Crippen molar-refractivity contribution in [3.63, 3.8) is 0 Å². The second kappa shape index (κ2) is 5.32. The summed E-state index contributed by atoms with van der Waals surface area (Å²) >= 11 is 0. The molecule has 0 amide bonds. The van der Waals surface area contributed by atoms with Crippen molar-refractivity contribution in [3.8, 4) is 5.75 Å². The molecule has 2 heterocycles. The number of phenols is 1. The molecule has 0 bridgehead atoms. The minimum atomic E-state index is -0.624. The summed E-state index contributed by atoms with van der Waals surface area (Å²) in [7, 11) is -0.624. The third-order valence-corrected chi connectivity index (χ3v) is 7.03. The summed E-state index contributed by atoms with van der Waals surface area (Å²) in [5.74, 6) is 0.428. The van der Waals surface area contributed by atoms with E-state index in [-0.39, 0.29) is 0 Å². The van der Waals surface area contributed by atoms with Gasteiger partial charge in [-0.1, -0.05) is 30.3 Å². The van der Waals surface area contributed by atoms with E-state index in [0.717, 1.165) is 18.4 Å². The Balaban J connectivity index is 1.78. The maximum absolute atomic E-state index is 10.3. The second-order valence-electron chi connectivity index (χ2n) is 5.65. The molecule has 1 unspecified atom stereocenters. The Hall–Kier alpha value is -1.57. The fourth-order valence-corrected chi connectivity index (χ4v) is 6.22. The molecule has 2 aliphatic heterocycles. The summed E-state index contributed by atoms with van der Waals surface area (Å²) in [5.41, 5.74) is 1.27. The average Bonchev–Trinajstić information content (AvgIpc) is 3.10. The highest BCUT2D eigenvalue weighted by Gasteiger charge is 2.44. The summed E-state index contributed by atoms with van der Waals surface area (Å²) in [4.78, 5) is 0. The van der Waals surface area contributed by atoms with Gasteiger partial charge in [-0.05, 0) is 37.1 Å². The lowest BCUT2D eigenvalue weighted by Gasteiger charge is -2.31. The Morgan fingerprint density at radius 2 is 1.76 bits per heavy atom. The number of para-hydroxylation sites is 2. The summed E-state index contributed by atoms with van der Waals surface area (Å²) in [6, 6.07) is 19.1. The van der Waals surface area contributed by atoms with Gasteiger partial charge in [0.15, 0.2) is 0 Å². The molecule has 3 nitrogen and oxygen atoms in total. The first-order valence-electron chi connectivity index (χ1n) is 7.52. The van der Waals surface area contributed by atoms with Crippen LogP contribution in [0.15, 0.2) is 54.6 Å². The minimum Gasteiger partial charge on any atom is -0.507 e. The Morgan fingerprint density at radius 3 is 2.57 bits per heavy atom. The monoisotopic (exact) mass is 298 g/mol. The first-order chi connectivity index (χ1) is 10.3. The van der Waals surface area contributed by atoms with Crippen molar-refractivity contribution < 1.29 is 5.11 Å². The number of fused-ring (bicyclic) bond motifs is 1. The Labute approximate surface area is 126 Å². The van der Waals surface area contributed by atoms with Crippen LogP contribution >= 0.6 is 8.22 Å². The zero-order valence-electron chi connectivity index (χ0n) is 11.9. The van der Waals surface area contributed by atoms with Gasteiger partial charge in [0.2, 0.25) is 0 Å². The number of benzene rings is 2. The van der Waals surface area contributed by atoms with E-state index < -0.39 is 8.22 Å². The molecule has 108 valence electrons. The Bertz CT molecular complexity index is 634. The number of nitrogens with zero attached hydrogens (tertiary/aromatic N) is 2. The summed E-state index contributed by atoms with van der Waals surface area (Å²) < 4.78 is 5.10. The van der Waals surface area contributed by atoms with Crippen molar-refractivity contribution >= 4 is 19.2 Å². The molecule has 2 atom stereocenters. The molecule has 0 spiro atoms. The van der Waals surface area contributed by atoms with Crippen LogP contribution < -0.4 is 9.97 Å². The van der Waals surface area contributed by atoms with Gasteiger partial charge in [0.05, 0.1) is 5.30 Å². The SMILES string of the molecule is Oc1ccccc1P1N(c2ccccc2)C[C@@H]2CCCN21. The number of hydrogen-bond acceptors (Lipinski definition) is 3. The van der Waals surface area contributed by atoms with Gasteiger partial charge in [-0.15, -0.1) is 0 Å². The van der Waals surface area contributed by atoms with E-state index in [0.29, 0.717) is 11.8 Å². The third-order valence-electron chi connectivity index (χ3n) is 4.35. The predicted octanol–water partition coefficient (Wildman–Crippen LogP) is 3.31. The fourth-order valence-electron chi connectivity index (χ4n) is 3.39. The molecule has 0 radical (unpaired) electrons. The quantitative estimate of drug-likeness (QED) is 0.862. The maximum atomic E-state index is 10.3. The molecular formula is C17H19N2OP. The van der Waals surface area contributed by atoms with Crippen LogP contribution in [-0.2, 0) is 0 Å². The molecule has 2 aromatic rings. The number of aromatic hydroxyl groups is 1. The maximum Gasteiger partial charge on any atom is 0.126 e. The molecule has 4 rings (SSSR count). The number of hydrogen-bond donors (Lipinski definition) is 1. The Morgan fingerprint density at radius 1 is 1.00 bits per heavy atom. The van der Waals surface area contributed by atoms with E-state index in [2.05, 4.69) is 45.7 Å². The molecule has 21 heavy (non-hydrogen) atoms. The van der Waals surface area contributed by atoms with Gasteiger partial charge in [-0.3, -0.25) is 4.67 Å². The normalized spacial score (nSPS) is 25.2. The summed E-state index contributed by atoms with van der Waals surface area (Å²) in [6.07, 6.45) is 2.55. The van der Waals surface area contributed by atoms with Gasteiger partial charge in [-0.2, -0.15) is 0 Å². The average molecular weight is 298 g/mol. The van der Waals surface area contributed by atoms with Crippen molar-refractivity contribution in [3.05, 3.63) is 54.6 Å². The van der Waals surface area contributed by atoms with Crippen LogP contribution in [0.25, 0.3) is 0 Å². The first kappa shape index (κ1) is 13.1. The number of rotatable bonds is 2. The standard InChI is InChI=1S/C17H19N2OP/c20-16-10-4-5-11-17(16)21-18-12-6-9-15(18)13-19(21)14-7-2-1-3-8-14/h1-5,7-8,10-11,15,20H,6,9,12-13H2/t15-,21?/m0/s1. The van der Waals surface area contributed by atoms with E-state index in [1.807, 2.05) is 18.2 Å². The van der Waals surface area contributed by atoms with Crippen LogP contribution in [0.4, 0.5) is 5.69 Å². The van der Waals surface area contributed by atoms with Crippen molar-refractivity contribution in [1.29, 1.82) is 0 Å². The molecule has 2 aromatic carbocycles. The van der Waals surface area contributed by atoms with Gasteiger partial charge >= 0.3 is 0 Å². The molecule has 2 fully saturated rings. The highest BCUT2D eigenvalue weighted by molar-refractivity contribution is 7.65. The lowest BCUT2D eigenvalue weighted by Crippen LogP contribution is -2.23. The Kier molecular flexibility index (Phi) is 3.33. The summed E-state index contributed by atoms with van der Waals surface area (Å²) in [5, 5.41) is 11.4. The number of phenolic OH excluding ortho intramolecular Hbond substituents is 1. The van der Waals surface area contributed by atoms with Gasteiger partial charge in [-0.25, -0.2) is 0 Å². The van der Waals surface area contributed by atoms with Crippen molar-refractivity contribution in [1.82, 2.24) is 4.67 Å². The van der Waals surface area contributed by atoms with Crippen molar-refractivity contribution in [2.45, 2.75) is 18.9 Å². The molecular weight excluding hydrogens is 279 g/mol. The van der Waals surface area contributed by atoms with Crippen LogP contribution in [0.2, 0.25) is 0 Å². The zero-order valence-corrected chi connectivity index (χ0v) is 12.8. The van der Waals surface area contributed by atoms with Gasteiger partial charge in [0.25, 0.3) is 0 Å². The largest absolute Gasteiger partial charge is 0.507 e. The van der Waals surface area contributed by atoms with Crippen LogP contribution in [0.3, 0.4) is 0 Å². The van der Waals surface area contributed by atoms with E-state index in [9.17, 15) is 5.11 Å². The zero-order chi connectivity index (χ0) is 14.2. The van der Waals surface area contributed by atoms with Crippen molar-refractivity contribution in [2.24, 2.45) is 0 Å². The molecule has 2 saturated heterocycles. The number of anilines is 1. The molecule has 0 aromatic heterocycles. The van der Waals surface area contributed by atoms with Crippen molar-refractivity contribution in [2.75, 3.05) is 17.8 Å². The fraction of sp³-hybridized carbons (Fsp3) is 0.294.